The smallest absolute Gasteiger partial charge is 0.308 e. The van der Waals surface area contributed by atoms with E-state index in [0.29, 0.717) is 13.0 Å². The second-order valence-corrected chi connectivity index (χ2v) is 5.26. The van der Waals surface area contributed by atoms with Crippen molar-refractivity contribution in [2.24, 2.45) is 0 Å². The van der Waals surface area contributed by atoms with E-state index < -0.39 is 5.97 Å². The van der Waals surface area contributed by atoms with E-state index >= 15 is 0 Å². The minimum atomic E-state index is -0.838. The monoisotopic (exact) mass is 293 g/mol. The molecule has 0 unspecified atom stereocenters. The number of nitrogens with zero attached hydrogens (tertiary/aromatic N) is 1. The van der Waals surface area contributed by atoms with Crippen molar-refractivity contribution in [2.45, 2.75) is 12.8 Å². The zero-order chi connectivity index (χ0) is 14.4. The van der Waals surface area contributed by atoms with Gasteiger partial charge in [-0.15, -0.1) is 11.3 Å². The van der Waals surface area contributed by atoms with Gasteiger partial charge in [-0.1, -0.05) is 0 Å². The summed E-state index contributed by atoms with van der Waals surface area (Å²) in [5, 5.41) is 9.57. The summed E-state index contributed by atoms with van der Waals surface area (Å²) in [7, 11) is 1.62. The van der Waals surface area contributed by atoms with Crippen LogP contribution in [0.15, 0.2) is 30.5 Å². The summed E-state index contributed by atoms with van der Waals surface area (Å²) < 4.78 is 10.7. The molecule has 106 valence electrons. The van der Waals surface area contributed by atoms with Crippen LogP contribution in [0.1, 0.15) is 9.88 Å². The predicted octanol–water partition coefficient (Wildman–Crippen LogP) is 2.40. The molecule has 5 nitrogen and oxygen atoms in total. The van der Waals surface area contributed by atoms with Gasteiger partial charge < -0.3 is 14.6 Å². The Bertz CT molecular complexity index is 565. The number of benzene rings is 1. The van der Waals surface area contributed by atoms with Crippen LogP contribution in [0.5, 0.6) is 11.5 Å². The molecular formula is C14H15NO4S. The normalized spacial score (nSPS) is 10.2. The van der Waals surface area contributed by atoms with Gasteiger partial charge in [0.15, 0.2) is 0 Å². The van der Waals surface area contributed by atoms with Gasteiger partial charge in [-0.05, 0) is 24.3 Å². The minimum absolute atomic E-state index is 0.0248. The first-order valence-electron chi connectivity index (χ1n) is 6.09. The first-order valence-corrected chi connectivity index (χ1v) is 6.91. The van der Waals surface area contributed by atoms with Crippen LogP contribution in [0.4, 0.5) is 0 Å². The first-order chi connectivity index (χ1) is 9.67. The van der Waals surface area contributed by atoms with Crippen LogP contribution in [0.3, 0.4) is 0 Å². The fourth-order valence-electron chi connectivity index (χ4n) is 1.62. The third-order valence-electron chi connectivity index (χ3n) is 2.57. The fourth-order valence-corrected chi connectivity index (χ4v) is 2.52. The Morgan fingerprint density at radius 3 is 2.65 bits per heavy atom. The Morgan fingerprint density at radius 2 is 2.00 bits per heavy atom. The number of methoxy groups -OCH3 is 1. The summed E-state index contributed by atoms with van der Waals surface area (Å²) in [6.45, 7) is 0.506. The lowest BCUT2D eigenvalue weighted by Gasteiger charge is -2.05. The topological polar surface area (TPSA) is 68.7 Å². The fraction of sp³-hybridized carbons (Fsp3) is 0.286. The molecule has 2 aromatic rings. The third kappa shape index (κ3) is 4.24. The van der Waals surface area contributed by atoms with E-state index in [1.807, 2.05) is 24.3 Å². The van der Waals surface area contributed by atoms with E-state index in [2.05, 4.69) is 4.98 Å². The van der Waals surface area contributed by atoms with Crippen molar-refractivity contribution in [2.75, 3.05) is 13.7 Å². The third-order valence-corrected chi connectivity index (χ3v) is 3.63. The maximum Gasteiger partial charge on any atom is 0.308 e. The zero-order valence-corrected chi connectivity index (χ0v) is 11.9. The molecule has 0 radical (unpaired) electrons. The number of ether oxygens (including phenoxy) is 2. The number of hydrogen-bond acceptors (Lipinski definition) is 5. The van der Waals surface area contributed by atoms with Gasteiger partial charge in [0.2, 0.25) is 0 Å². The molecule has 0 aliphatic heterocycles. The molecule has 1 N–H and O–H groups in total. The first kappa shape index (κ1) is 14.3. The van der Waals surface area contributed by atoms with E-state index in [4.69, 9.17) is 14.6 Å². The molecule has 0 atom stereocenters. The number of carboxylic acids is 1. The molecule has 0 bridgehead atoms. The second kappa shape index (κ2) is 6.91. The van der Waals surface area contributed by atoms with Crippen LogP contribution in [0.25, 0.3) is 0 Å². The number of thiazole rings is 1. The van der Waals surface area contributed by atoms with Gasteiger partial charge in [-0.3, -0.25) is 4.79 Å². The second-order valence-electron chi connectivity index (χ2n) is 4.06. The van der Waals surface area contributed by atoms with Crippen LogP contribution in [-0.4, -0.2) is 29.8 Å². The molecule has 2 rings (SSSR count). The van der Waals surface area contributed by atoms with Crippen LogP contribution >= 0.6 is 11.3 Å². The molecule has 1 heterocycles. The van der Waals surface area contributed by atoms with Crippen LogP contribution < -0.4 is 9.47 Å². The van der Waals surface area contributed by atoms with Gasteiger partial charge in [0.05, 0.1) is 25.1 Å². The van der Waals surface area contributed by atoms with Crippen molar-refractivity contribution < 1.29 is 19.4 Å². The predicted molar refractivity (Wildman–Crippen MR) is 75.6 cm³/mol. The zero-order valence-electron chi connectivity index (χ0n) is 11.0. The standard InChI is InChI=1S/C14H15NO4S/c1-18-10-2-4-11(5-3-10)19-7-6-13-15-9-12(20-13)8-14(16)17/h2-5,9H,6-8H2,1H3,(H,16,17). The molecule has 6 heteroatoms. The SMILES string of the molecule is COc1ccc(OCCc2ncc(CC(=O)O)s2)cc1. The number of aliphatic carboxylic acids is 1. The largest absolute Gasteiger partial charge is 0.497 e. The number of hydrogen-bond donors (Lipinski definition) is 1. The van der Waals surface area contributed by atoms with E-state index in [1.54, 1.807) is 13.3 Å². The van der Waals surface area contributed by atoms with E-state index in [-0.39, 0.29) is 6.42 Å². The molecular weight excluding hydrogens is 278 g/mol. The van der Waals surface area contributed by atoms with Crippen molar-refractivity contribution in [3.63, 3.8) is 0 Å². The molecule has 0 fully saturated rings. The van der Waals surface area contributed by atoms with Gasteiger partial charge in [-0.2, -0.15) is 0 Å². The summed E-state index contributed by atoms with van der Waals surface area (Å²) in [6.07, 6.45) is 2.30. The van der Waals surface area contributed by atoms with Crippen molar-refractivity contribution in [1.82, 2.24) is 4.98 Å². The van der Waals surface area contributed by atoms with E-state index in [0.717, 1.165) is 21.4 Å². The van der Waals surface area contributed by atoms with E-state index in [1.165, 1.54) is 11.3 Å². The highest BCUT2D eigenvalue weighted by atomic mass is 32.1. The maximum atomic E-state index is 10.6. The van der Waals surface area contributed by atoms with Gasteiger partial charge in [-0.25, -0.2) is 4.98 Å². The molecule has 20 heavy (non-hydrogen) atoms. The molecule has 0 aliphatic carbocycles. The average molecular weight is 293 g/mol. The number of carbonyl (C=O) groups is 1. The Balaban J connectivity index is 1.80. The quantitative estimate of drug-likeness (QED) is 0.849. The molecule has 1 aromatic heterocycles. The van der Waals surface area contributed by atoms with E-state index in [9.17, 15) is 4.79 Å². The van der Waals surface area contributed by atoms with Crippen molar-refractivity contribution >= 4 is 17.3 Å². The molecule has 1 aromatic carbocycles. The maximum absolute atomic E-state index is 10.6. The summed E-state index contributed by atoms with van der Waals surface area (Å²) in [5.74, 6) is 0.721. The number of carboxylic acid groups (broad SMARTS) is 1. The van der Waals surface area contributed by atoms with Gasteiger partial charge in [0.25, 0.3) is 0 Å². The lowest BCUT2D eigenvalue weighted by atomic mass is 10.3. The molecule has 0 saturated carbocycles. The summed E-state index contributed by atoms with van der Waals surface area (Å²) in [5.41, 5.74) is 0. The lowest BCUT2D eigenvalue weighted by molar-refractivity contribution is -0.136. The highest BCUT2D eigenvalue weighted by molar-refractivity contribution is 7.11. The van der Waals surface area contributed by atoms with Gasteiger partial charge >= 0.3 is 5.97 Å². The highest BCUT2D eigenvalue weighted by Gasteiger charge is 2.06. The van der Waals surface area contributed by atoms with Crippen molar-refractivity contribution in [3.05, 3.63) is 40.3 Å². The summed E-state index contributed by atoms with van der Waals surface area (Å²) in [4.78, 5) is 15.5. The lowest BCUT2D eigenvalue weighted by Crippen LogP contribution is -2.00. The molecule has 0 amide bonds. The van der Waals surface area contributed by atoms with Gasteiger partial charge in [0.1, 0.15) is 11.5 Å². The average Bonchev–Trinajstić information content (AvgIpc) is 2.86. The Hall–Kier alpha value is -2.08. The highest BCUT2D eigenvalue weighted by Crippen LogP contribution is 2.18. The summed E-state index contributed by atoms with van der Waals surface area (Å²) in [6, 6.07) is 7.36. The van der Waals surface area contributed by atoms with Crippen molar-refractivity contribution in [3.8, 4) is 11.5 Å². The molecule has 0 spiro atoms. The van der Waals surface area contributed by atoms with Crippen molar-refractivity contribution in [1.29, 1.82) is 0 Å². The minimum Gasteiger partial charge on any atom is -0.497 e. The Kier molecular flexibility index (Phi) is 4.95. The van der Waals surface area contributed by atoms with Crippen LogP contribution in [0.2, 0.25) is 0 Å². The number of rotatable bonds is 7. The Labute approximate surface area is 120 Å². The van der Waals surface area contributed by atoms with Gasteiger partial charge in [0, 0.05) is 17.5 Å². The van der Waals surface area contributed by atoms with Crippen LogP contribution in [-0.2, 0) is 17.6 Å². The number of aromatic nitrogens is 1. The molecule has 0 saturated heterocycles. The Morgan fingerprint density at radius 1 is 1.30 bits per heavy atom. The summed E-state index contributed by atoms with van der Waals surface area (Å²) >= 11 is 1.41. The van der Waals surface area contributed by atoms with Crippen LogP contribution in [0, 0.1) is 0 Å². The molecule has 0 aliphatic rings.